The summed E-state index contributed by atoms with van der Waals surface area (Å²) in [4.78, 5) is 14.0. The SMILES string of the molecule is CC(C)(C)OC(=O)N1CCC[C@H](c2cc(-c3ccc(F)cc3F)n[nH]2)C1. The molecule has 0 radical (unpaired) electrons. The third kappa shape index (κ3) is 4.20. The van der Waals surface area contributed by atoms with Crippen LogP contribution in [-0.4, -0.2) is 39.9 Å². The number of carbonyl (C=O) groups is 1. The molecule has 1 N–H and O–H groups in total. The number of nitrogens with zero attached hydrogens (tertiary/aromatic N) is 2. The lowest BCUT2D eigenvalue weighted by atomic mass is 9.94. The third-order valence-corrected chi connectivity index (χ3v) is 4.32. The summed E-state index contributed by atoms with van der Waals surface area (Å²) in [5.74, 6) is -1.20. The Hall–Kier alpha value is -2.44. The first kappa shape index (κ1) is 18.4. The number of carbonyl (C=O) groups excluding carboxylic acids is 1. The molecule has 3 rings (SSSR count). The highest BCUT2D eigenvalue weighted by Gasteiger charge is 2.29. The Morgan fingerprint density at radius 2 is 2.08 bits per heavy atom. The molecule has 0 unspecified atom stereocenters. The van der Waals surface area contributed by atoms with E-state index >= 15 is 0 Å². The molecular weight excluding hydrogens is 340 g/mol. The van der Waals surface area contributed by atoms with E-state index in [4.69, 9.17) is 4.74 Å². The van der Waals surface area contributed by atoms with E-state index in [1.807, 2.05) is 20.8 Å². The zero-order valence-corrected chi connectivity index (χ0v) is 15.2. The van der Waals surface area contributed by atoms with E-state index in [0.29, 0.717) is 18.8 Å². The van der Waals surface area contributed by atoms with Gasteiger partial charge in [-0.3, -0.25) is 5.10 Å². The van der Waals surface area contributed by atoms with E-state index in [2.05, 4.69) is 10.2 Å². The molecule has 1 saturated heterocycles. The predicted molar refractivity (Wildman–Crippen MR) is 93.7 cm³/mol. The number of rotatable bonds is 2. The molecule has 1 aliphatic rings. The van der Waals surface area contributed by atoms with Crippen LogP contribution in [0.4, 0.5) is 13.6 Å². The van der Waals surface area contributed by atoms with Crippen molar-refractivity contribution in [2.24, 2.45) is 0 Å². The third-order valence-electron chi connectivity index (χ3n) is 4.32. The second-order valence-electron chi connectivity index (χ2n) is 7.60. The summed E-state index contributed by atoms with van der Waals surface area (Å²) < 4.78 is 32.5. The number of likely N-dealkylation sites (tertiary alicyclic amines) is 1. The van der Waals surface area contributed by atoms with Gasteiger partial charge in [-0.25, -0.2) is 13.6 Å². The number of hydrogen-bond acceptors (Lipinski definition) is 3. The monoisotopic (exact) mass is 363 g/mol. The van der Waals surface area contributed by atoms with Crippen molar-refractivity contribution in [2.75, 3.05) is 13.1 Å². The highest BCUT2D eigenvalue weighted by molar-refractivity contribution is 5.68. The minimum absolute atomic E-state index is 0.0704. The molecule has 0 saturated carbocycles. The number of hydrogen-bond donors (Lipinski definition) is 1. The Balaban J connectivity index is 1.73. The summed E-state index contributed by atoms with van der Waals surface area (Å²) in [7, 11) is 0. The number of aromatic amines is 1. The fourth-order valence-electron chi connectivity index (χ4n) is 3.10. The summed E-state index contributed by atoms with van der Waals surface area (Å²) in [6.07, 6.45) is 1.42. The Kier molecular flexibility index (Phi) is 4.98. The second-order valence-corrected chi connectivity index (χ2v) is 7.60. The molecule has 0 aliphatic carbocycles. The zero-order chi connectivity index (χ0) is 18.9. The number of piperidine rings is 1. The van der Waals surface area contributed by atoms with Crippen molar-refractivity contribution in [3.63, 3.8) is 0 Å². The molecule has 1 aromatic carbocycles. The lowest BCUT2D eigenvalue weighted by molar-refractivity contribution is 0.0197. The summed E-state index contributed by atoms with van der Waals surface area (Å²) in [5.41, 5.74) is 0.961. The van der Waals surface area contributed by atoms with E-state index in [-0.39, 0.29) is 17.6 Å². The van der Waals surface area contributed by atoms with Crippen LogP contribution in [0.1, 0.15) is 45.2 Å². The van der Waals surface area contributed by atoms with Crippen LogP contribution >= 0.6 is 0 Å². The Morgan fingerprint density at radius 3 is 2.77 bits per heavy atom. The van der Waals surface area contributed by atoms with Crippen molar-refractivity contribution in [3.05, 3.63) is 41.6 Å². The summed E-state index contributed by atoms with van der Waals surface area (Å²) in [6.45, 7) is 6.68. The van der Waals surface area contributed by atoms with E-state index in [1.54, 1.807) is 11.0 Å². The largest absolute Gasteiger partial charge is 0.444 e. The van der Waals surface area contributed by atoms with Crippen LogP contribution in [0.2, 0.25) is 0 Å². The number of halogens is 2. The molecule has 0 bridgehead atoms. The fourth-order valence-corrected chi connectivity index (χ4v) is 3.10. The van der Waals surface area contributed by atoms with Crippen molar-refractivity contribution in [3.8, 4) is 11.3 Å². The molecular formula is C19H23F2N3O2. The molecule has 26 heavy (non-hydrogen) atoms. The summed E-state index contributed by atoms with van der Waals surface area (Å²) in [6, 6.07) is 5.18. The van der Waals surface area contributed by atoms with Crippen LogP contribution in [-0.2, 0) is 4.74 Å². The highest BCUT2D eigenvalue weighted by atomic mass is 19.1. The molecule has 1 fully saturated rings. The van der Waals surface area contributed by atoms with Crippen molar-refractivity contribution in [1.29, 1.82) is 0 Å². The molecule has 2 heterocycles. The number of benzene rings is 1. The van der Waals surface area contributed by atoms with Crippen molar-refractivity contribution >= 4 is 6.09 Å². The average molecular weight is 363 g/mol. The van der Waals surface area contributed by atoms with Gasteiger partial charge in [0.1, 0.15) is 17.2 Å². The normalized spacial score (nSPS) is 18.0. The van der Waals surface area contributed by atoms with Crippen LogP contribution < -0.4 is 0 Å². The van der Waals surface area contributed by atoms with E-state index in [9.17, 15) is 13.6 Å². The number of ether oxygens (including phenoxy) is 1. The van der Waals surface area contributed by atoms with Crippen LogP contribution in [0.25, 0.3) is 11.3 Å². The molecule has 5 nitrogen and oxygen atoms in total. The minimum Gasteiger partial charge on any atom is -0.444 e. The van der Waals surface area contributed by atoms with Gasteiger partial charge in [0.25, 0.3) is 0 Å². The molecule has 140 valence electrons. The smallest absolute Gasteiger partial charge is 0.410 e. The highest BCUT2D eigenvalue weighted by Crippen LogP contribution is 2.30. The van der Waals surface area contributed by atoms with Crippen LogP contribution in [0.5, 0.6) is 0 Å². The molecule has 1 aliphatic heterocycles. The lowest BCUT2D eigenvalue weighted by Crippen LogP contribution is -2.42. The maximum Gasteiger partial charge on any atom is 0.410 e. The molecule has 1 amide bonds. The van der Waals surface area contributed by atoms with Crippen LogP contribution in [0.15, 0.2) is 24.3 Å². The first-order chi connectivity index (χ1) is 12.2. The Bertz CT molecular complexity index is 798. The van der Waals surface area contributed by atoms with Crippen LogP contribution in [0, 0.1) is 11.6 Å². The zero-order valence-electron chi connectivity index (χ0n) is 15.2. The van der Waals surface area contributed by atoms with Crippen molar-refractivity contribution in [1.82, 2.24) is 15.1 Å². The Labute approximate surface area is 151 Å². The number of H-pyrrole nitrogens is 1. The number of aromatic nitrogens is 2. The molecule has 1 aromatic heterocycles. The maximum absolute atomic E-state index is 13.9. The minimum atomic E-state index is -0.651. The van der Waals surface area contributed by atoms with Gasteiger partial charge in [0.2, 0.25) is 0 Å². The predicted octanol–water partition coefficient (Wildman–Crippen LogP) is 4.47. The van der Waals surface area contributed by atoms with Crippen molar-refractivity contribution in [2.45, 2.75) is 45.1 Å². The summed E-state index contributed by atoms with van der Waals surface area (Å²) in [5, 5.41) is 7.09. The van der Waals surface area contributed by atoms with Gasteiger partial charge in [-0.05, 0) is 51.8 Å². The molecule has 2 aromatic rings. The van der Waals surface area contributed by atoms with Gasteiger partial charge in [-0.1, -0.05) is 0 Å². The van der Waals surface area contributed by atoms with Gasteiger partial charge in [0.15, 0.2) is 0 Å². The fraction of sp³-hybridized carbons (Fsp3) is 0.474. The quantitative estimate of drug-likeness (QED) is 0.856. The first-order valence-electron chi connectivity index (χ1n) is 8.71. The average Bonchev–Trinajstić information content (AvgIpc) is 3.03. The maximum atomic E-state index is 13.9. The standard InChI is InChI=1S/C19H23F2N3O2/c1-19(2,3)26-18(25)24-8-4-5-12(11-24)16-10-17(23-22-16)14-7-6-13(20)9-15(14)21/h6-7,9-10,12H,4-5,8,11H2,1-3H3,(H,22,23)/t12-/m0/s1. The van der Waals surface area contributed by atoms with Gasteiger partial charge in [0, 0.05) is 36.3 Å². The summed E-state index contributed by atoms with van der Waals surface area (Å²) >= 11 is 0. The molecule has 0 spiro atoms. The van der Waals surface area contributed by atoms with E-state index < -0.39 is 17.2 Å². The van der Waals surface area contributed by atoms with Gasteiger partial charge < -0.3 is 9.64 Å². The van der Waals surface area contributed by atoms with Crippen molar-refractivity contribution < 1.29 is 18.3 Å². The lowest BCUT2D eigenvalue weighted by Gasteiger charge is -2.33. The topological polar surface area (TPSA) is 58.2 Å². The van der Waals surface area contributed by atoms with Gasteiger partial charge in [-0.2, -0.15) is 5.10 Å². The van der Waals surface area contributed by atoms with Gasteiger partial charge in [-0.15, -0.1) is 0 Å². The van der Waals surface area contributed by atoms with Crippen LogP contribution in [0.3, 0.4) is 0 Å². The van der Waals surface area contributed by atoms with Gasteiger partial charge >= 0.3 is 6.09 Å². The first-order valence-corrected chi connectivity index (χ1v) is 8.71. The van der Waals surface area contributed by atoms with E-state index in [0.717, 1.165) is 24.6 Å². The van der Waals surface area contributed by atoms with Gasteiger partial charge in [0.05, 0.1) is 5.69 Å². The molecule has 7 heteroatoms. The second kappa shape index (κ2) is 7.05. The molecule has 1 atom stereocenters. The van der Waals surface area contributed by atoms with E-state index in [1.165, 1.54) is 12.1 Å². The Morgan fingerprint density at radius 1 is 1.31 bits per heavy atom. The number of amides is 1. The number of nitrogens with one attached hydrogen (secondary N) is 1.